The number of nitrogens with zero attached hydrogens (tertiary/aromatic N) is 5. The van der Waals surface area contributed by atoms with Crippen molar-refractivity contribution in [3.63, 3.8) is 0 Å². The van der Waals surface area contributed by atoms with Crippen LogP contribution in [0.25, 0.3) is 11.0 Å². The maximum absolute atomic E-state index is 12.7. The van der Waals surface area contributed by atoms with Gasteiger partial charge in [0.05, 0.1) is 29.8 Å². The summed E-state index contributed by atoms with van der Waals surface area (Å²) in [6, 6.07) is 7.25. The number of aromatic nitrogens is 4. The molecule has 0 fully saturated rings. The molecule has 1 aliphatic heterocycles. The van der Waals surface area contributed by atoms with E-state index in [1.807, 2.05) is 16.8 Å². The van der Waals surface area contributed by atoms with Gasteiger partial charge in [0, 0.05) is 38.5 Å². The molecule has 1 N–H and O–H groups in total. The number of aryl methyl sites for hydroxylation is 1. The Hall–Kier alpha value is -2.87. The first-order chi connectivity index (χ1) is 13.4. The lowest BCUT2D eigenvalue weighted by molar-refractivity contribution is -0.132. The van der Waals surface area contributed by atoms with Crippen molar-refractivity contribution >= 4 is 34.4 Å². The van der Waals surface area contributed by atoms with Crippen molar-refractivity contribution in [1.29, 1.82) is 0 Å². The molecule has 0 spiro atoms. The van der Waals surface area contributed by atoms with Gasteiger partial charge in [-0.25, -0.2) is 4.98 Å². The van der Waals surface area contributed by atoms with E-state index in [9.17, 15) is 9.59 Å². The van der Waals surface area contributed by atoms with E-state index >= 15 is 0 Å². The van der Waals surface area contributed by atoms with Crippen LogP contribution in [0.1, 0.15) is 28.4 Å². The van der Waals surface area contributed by atoms with Gasteiger partial charge >= 0.3 is 0 Å². The van der Waals surface area contributed by atoms with Crippen molar-refractivity contribution in [3.05, 3.63) is 46.5 Å². The van der Waals surface area contributed by atoms with Crippen LogP contribution in [0, 0.1) is 0 Å². The molecule has 1 aliphatic rings. The molecule has 146 valence electrons. The Bertz CT molecular complexity index is 1050. The number of hydrogen-bond acceptors (Lipinski definition) is 4. The maximum Gasteiger partial charge on any atom is 0.273 e. The summed E-state index contributed by atoms with van der Waals surface area (Å²) in [5.74, 6) is 0.697. The van der Waals surface area contributed by atoms with Gasteiger partial charge in [-0.3, -0.25) is 14.3 Å². The minimum absolute atomic E-state index is 0.0615. The SMILES string of the molecule is CN(C)C(=O)c1cc2n(n1)CCN(C(=O)CCc1nc3ccc(Cl)cc3[nH]1)C2. The summed E-state index contributed by atoms with van der Waals surface area (Å²) < 4.78 is 1.81. The van der Waals surface area contributed by atoms with E-state index in [1.54, 1.807) is 31.1 Å². The van der Waals surface area contributed by atoms with E-state index in [0.29, 0.717) is 43.2 Å². The monoisotopic (exact) mass is 400 g/mol. The molecule has 0 atom stereocenters. The Morgan fingerprint density at radius 1 is 1.25 bits per heavy atom. The second-order valence-electron chi connectivity index (χ2n) is 7.10. The number of halogens is 1. The molecule has 4 rings (SSSR count). The van der Waals surface area contributed by atoms with Crippen molar-refractivity contribution in [2.45, 2.75) is 25.9 Å². The van der Waals surface area contributed by atoms with E-state index in [2.05, 4.69) is 15.1 Å². The van der Waals surface area contributed by atoms with E-state index in [4.69, 9.17) is 11.6 Å². The predicted octanol–water partition coefficient (Wildman–Crippen LogP) is 2.09. The molecule has 0 bridgehead atoms. The van der Waals surface area contributed by atoms with Crippen LogP contribution in [-0.2, 0) is 24.3 Å². The summed E-state index contributed by atoms with van der Waals surface area (Å²) in [6.07, 6.45) is 0.899. The lowest BCUT2D eigenvalue weighted by Crippen LogP contribution is -2.38. The molecule has 0 radical (unpaired) electrons. The first-order valence-electron chi connectivity index (χ1n) is 9.11. The van der Waals surface area contributed by atoms with Gasteiger partial charge in [0.25, 0.3) is 5.91 Å². The molecular formula is C19H21ClN6O2. The van der Waals surface area contributed by atoms with Crippen LogP contribution in [0.2, 0.25) is 5.02 Å². The normalized spacial score (nSPS) is 13.6. The average Bonchev–Trinajstić information content (AvgIpc) is 3.27. The lowest BCUT2D eigenvalue weighted by atomic mass is 10.2. The van der Waals surface area contributed by atoms with Crippen molar-refractivity contribution in [2.24, 2.45) is 0 Å². The fourth-order valence-corrected chi connectivity index (χ4v) is 3.52. The average molecular weight is 401 g/mol. The highest BCUT2D eigenvalue weighted by molar-refractivity contribution is 6.31. The first-order valence-corrected chi connectivity index (χ1v) is 9.49. The molecular weight excluding hydrogens is 380 g/mol. The number of amides is 2. The van der Waals surface area contributed by atoms with Gasteiger partial charge in [-0.05, 0) is 24.3 Å². The van der Waals surface area contributed by atoms with Gasteiger partial charge in [0.15, 0.2) is 5.69 Å². The highest BCUT2D eigenvalue weighted by atomic mass is 35.5. The molecule has 0 saturated heterocycles. The van der Waals surface area contributed by atoms with Crippen molar-refractivity contribution < 1.29 is 9.59 Å². The highest BCUT2D eigenvalue weighted by Gasteiger charge is 2.24. The number of H-pyrrole nitrogens is 1. The molecule has 3 heterocycles. The number of imidazole rings is 1. The molecule has 8 nitrogen and oxygen atoms in total. The second-order valence-corrected chi connectivity index (χ2v) is 7.54. The van der Waals surface area contributed by atoms with Crippen LogP contribution in [-0.4, -0.2) is 62.0 Å². The van der Waals surface area contributed by atoms with Gasteiger partial charge < -0.3 is 14.8 Å². The summed E-state index contributed by atoms with van der Waals surface area (Å²) in [5.41, 5.74) is 3.00. The predicted molar refractivity (Wildman–Crippen MR) is 105 cm³/mol. The number of hydrogen-bond donors (Lipinski definition) is 1. The number of benzene rings is 1. The van der Waals surface area contributed by atoms with E-state index in [0.717, 1.165) is 22.6 Å². The van der Waals surface area contributed by atoms with Crippen LogP contribution < -0.4 is 0 Å². The third-order valence-electron chi connectivity index (χ3n) is 4.84. The van der Waals surface area contributed by atoms with Crippen molar-refractivity contribution in [2.75, 3.05) is 20.6 Å². The fraction of sp³-hybridized carbons (Fsp3) is 0.368. The quantitative estimate of drug-likeness (QED) is 0.726. The number of fused-ring (bicyclic) bond motifs is 2. The highest BCUT2D eigenvalue weighted by Crippen LogP contribution is 2.19. The molecule has 0 saturated carbocycles. The Morgan fingerprint density at radius 3 is 2.86 bits per heavy atom. The largest absolute Gasteiger partial charge is 0.343 e. The zero-order valence-corrected chi connectivity index (χ0v) is 16.5. The van der Waals surface area contributed by atoms with Gasteiger partial charge in [0.2, 0.25) is 5.91 Å². The Morgan fingerprint density at radius 2 is 2.07 bits per heavy atom. The topological polar surface area (TPSA) is 87.1 Å². The van der Waals surface area contributed by atoms with Crippen LogP contribution >= 0.6 is 11.6 Å². The molecule has 1 aromatic carbocycles. The van der Waals surface area contributed by atoms with Gasteiger partial charge in [0.1, 0.15) is 5.82 Å². The van der Waals surface area contributed by atoms with Gasteiger partial charge in [-0.1, -0.05) is 11.6 Å². The van der Waals surface area contributed by atoms with Crippen molar-refractivity contribution in [3.8, 4) is 0 Å². The minimum Gasteiger partial charge on any atom is -0.343 e. The van der Waals surface area contributed by atoms with Crippen LogP contribution in [0.15, 0.2) is 24.3 Å². The van der Waals surface area contributed by atoms with E-state index < -0.39 is 0 Å². The smallest absolute Gasteiger partial charge is 0.273 e. The summed E-state index contributed by atoms with van der Waals surface area (Å²) in [4.78, 5) is 35.8. The summed E-state index contributed by atoms with van der Waals surface area (Å²) in [7, 11) is 3.39. The Balaban J connectivity index is 1.39. The fourth-order valence-electron chi connectivity index (χ4n) is 3.35. The zero-order chi connectivity index (χ0) is 19.8. The van der Waals surface area contributed by atoms with Crippen LogP contribution in [0.5, 0.6) is 0 Å². The third kappa shape index (κ3) is 3.60. The molecule has 3 aromatic rings. The Kier molecular flexibility index (Phi) is 4.80. The van der Waals surface area contributed by atoms with Crippen LogP contribution in [0.3, 0.4) is 0 Å². The summed E-state index contributed by atoms with van der Waals surface area (Å²) in [5, 5.41) is 5.00. The van der Waals surface area contributed by atoms with E-state index in [-0.39, 0.29) is 11.8 Å². The first kappa shape index (κ1) is 18.5. The molecule has 0 unspecified atom stereocenters. The number of carbonyl (C=O) groups is 2. The summed E-state index contributed by atoms with van der Waals surface area (Å²) >= 11 is 6.00. The molecule has 2 amide bonds. The van der Waals surface area contributed by atoms with Gasteiger partial charge in [-0.2, -0.15) is 5.10 Å². The maximum atomic E-state index is 12.7. The number of nitrogens with one attached hydrogen (secondary N) is 1. The van der Waals surface area contributed by atoms with Gasteiger partial charge in [-0.15, -0.1) is 0 Å². The van der Waals surface area contributed by atoms with Crippen molar-refractivity contribution in [1.82, 2.24) is 29.5 Å². The number of carbonyl (C=O) groups excluding carboxylic acids is 2. The lowest BCUT2D eigenvalue weighted by Gasteiger charge is -2.27. The molecule has 9 heteroatoms. The minimum atomic E-state index is -0.134. The zero-order valence-electron chi connectivity index (χ0n) is 15.8. The third-order valence-corrected chi connectivity index (χ3v) is 5.08. The van der Waals surface area contributed by atoms with E-state index in [1.165, 1.54) is 4.90 Å². The van der Waals surface area contributed by atoms with Crippen LogP contribution in [0.4, 0.5) is 0 Å². The summed E-state index contributed by atoms with van der Waals surface area (Å²) in [6.45, 7) is 1.63. The second kappa shape index (κ2) is 7.27. The number of aromatic amines is 1. The molecule has 28 heavy (non-hydrogen) atoms. The molecule has 0 aliphatic carbocycles. The Labute approximate surface area is 167 Å². The number of rotatable bonds is 4. The standard InChI is InChI=1S/C19H21ClN6O2/c1-24(2)19(28)16-10-13-11-25(7-8-26(13)23-16)18(27)6-5-17-21-14-4-3-12(20)9-15(14)22-17/h3-4,9-10H,5-8,11H2,1-2H3,(H,21,22). The molecule has 2 aromatic heterocycles.